The number of halogens is 2. The van der Waals surface area contributed by atoms with Crippen molar-refractivity contribution in [3.8, 4) is 45.4 Å². The first-order valence-electron chi connectivity index (χ1n) is 16.0. The lowest BCUT2D eigenvalue weighted by molar-refractivity contribution is 0.154. The van der Waals surface area contributed by atoms with Gasteiger partial charge >= 0.3 is 0 Å². The predicted molar refractivity (Wildman–Crippen MR) is 185 cm³/mol. The number of methoxy groups -OCH3 is 2. The smallest absolute Gasteiger partial charge is 0.237 e. The van der Waals surface area contributed by atoms with Crippen LogP contribution in [0.1, 0.15) is 30.7 Å². The molecule has 2 aliphatic rings. The van der Waals surface area contributed by atoms with E-state index in [0.29, 0.717) is 87.7 Å². The molecule has 4 atom stereocenters. The molecule has 0 radical (unpaired) electrons. The standard InChI is InChI=1S/C34H40Cl2N8O4/c1-47-33-27(15-37-12-19-11-30(46)41-13-19)39-17-25(43-33)23-7-3-5-21(31(23)35)22-6-4-8-24(32(22)36)26-18-40-28(34(44-26)48-2)16-38-14-20-9-10-29(45)42-20/h3-8,17-20,29-30,37-38,41-42,45-46H,9-16H2,1-2H3/t19?,20-,29?,30?/m1/s1. The van der Waals surface area contributed by atoms with Crippen molar-refractivity contribution < 1.29 is 19.7 Å². The minimum absolute atomic E-state index is 0.210. The van der Waals surface area contributed by atoms with Gasteiger partial charge in [-0.2, -0.15) is 0 Å². The molecule has 2 aromatic heterocycles. The number of hydrogen-bond acceptors (Lipinski definition) is 12. The Labute approximate surface area is 289 Å². The van der Waals surface area contributed by atoms with Crippen LogP contribution in [-0.4, -0.2) is 82.5 Å². The topological polar surface area (TPSA) is 159 Å². The highest BCUT2D eigenvalue weighted by atomic mass is 35.5. The second-order valence-corrected chi connectivity index (χ2v) is 12.8. The van der Waals surface area contributed by atoms with Gasteiger partial charge in [0.05, 0.1) is 48.0 Å². The van der Waals surface area contributed by atoms with Crippen molar-refractivity contribution in [1.29, 1.82) is 0 Å². The quantitative estimate of drug-likeness (QED) is 0.121. The zero-order valence-electron chi connectivity index (χ0n) is 26.8. The molecule has 2 aromatic carbocycles. The first-order valence-corrected chi connectivity index (χ1v) is 16.7. The van der Waals surface area contributed by atoms with Crippen molar-refractivity contribution in [3.05, 3.63) is 70.2 Å². The number of aliphatic hydroxyl groups is 2. The second-order valence-electron chi connectivity index (χ2n) is 12.0. The van der Waals surface area contributed by atoms with Crippen LogP contribution in [0.4, 0.5) is 0 Å². The summed E-state index contributed by atoms with van der Waals surface area (Å²) in [6.07, 6.45) is 4.87. The van der Waals surface area contributed by atoms with Gasteiger partial charge in [-0.05, 0) is 31.7 Å². The molecule has 14 heteroatoms. The highest BCUT2D eigenvalue weighted by molar-refractivity contribution is 6.39. The number of ether oxygens (including phenoxy) is 2. The van der Waals surface area contributed by atoms with Gasteiger partial charge in [0.2, 0.25) is 11.8 Å². The minimum Gasteiger partial charge on any atom is -0.480 e. The van der Waals surface area contributed by atoms with E-state index >= 15 is 0 Å². The first kappa shape index (κ1) is 34.4. The third-order valence-corrected chi connectivity index (χ3v) is 9.49. The molecule has 254 valence electrons. The van der Waals surface area contributed by atoms with Gasteiger partial charge in [-0.1, -0.05) is 59.6 Å². The van der Waals surface area contributed by atoms with E-state index in [1.807, 2.05) is 36.4 Å². The second kappa shape index (κ2) is 15.8. The van der Waals surface area contributed by atoms with Crippen molar-refractivity contribution in [3.63, 3.8) is 0 Å². The van der Waals surface area contributed by atoms with Gasteiger partial charge in [0.1, 0.15) is 23.8 Å². The Kier molecular flexibility index (Phi) is 11.3. The SMILES string of the molecule is COc1nc(-c2cccc(-c3cccc(-c4cnc(CNC[C@H]5CCC(O)N5)c(OC)n4)c3Cl)c2Cl)cnc1CNCC1CNC(O)C1. The van der Waals surface area contributed by atoms with E-state index in [-0.39, 0.29) is 6.04 Å². The van der Waals surface area contributed by atoms with Crippen molar-refractivity contribution in [2.24, 2.45) is 5.92 Å². The molecule has 4 aromatic rings. The van der Waals surface area contributed by atoms with Crippen LogP contribution in [0.2, 0.25) is 10.0 Å². The van der Waals surface area contributed by atoms with E-state index in [2.05, 4.69) is 31.2 Å². The van der Waals surface area contributed by atoms with Crippen LogP contribution in [0.3, 0.4) is 0 Å². The van der Waals surface area contributed by atoms with Crippen molar-refractivity contribution in [1.82, 2.24) is 41.2 Å². The lowest BCUT2D eigenvalue weighted by Gasteiger charge is -2.16. The average molecular weight is 696 g/mol. The number of hydrogen-bond donors (Lipinski definition) is 6. The van der Waals surface area contributed by atoms with Crippen LogP contribution in [0.5, 0.6) is 11.8 Å². The van der Waals surface area contributed by atoms with E-state index in [9.17, 15) is 10.2 Å². The molecule has 4 heterocycles. The van der Waals surface area contributed by atoms with Crippen LogP contribution in [-0.2, 0) is 13.1 Å². The summed E-state index contributed by atoms with van der Waals surface area (Å²) in [6, 6.07) is 11.6. The van der Waals surface area contributed by atoms with Crippen molar-refractivity contribution in [2.75, 3.05) is 33.9 Å². The van der Waals surface area contributed by atoms with E-state index in [1.54, 1.807) is 26.6 Å². The van der Waals surface area contributed by atoms with Gasteiger partial charge in [0.25, 0.3) is 0 Å². The molecule has 48 heavy (non-hydrogen) atoms. The Morgan fingerprint density at radius 3 is 1.79 bits per heavy atom. The molecule has 0 amide bonds. The van der Waals surface area contributed by atoms with Gasteiger partial charge in [0.15, 0.2) is 0 Å². The largest absolute Gasteiger partial charge is 0.480 e. The third kappa shape index (κ3) is 7.88. The predicted octanol–water partition coefficient (Wildman–Crippen LogP) is 3.77. The number of rotatable bonds is 13. The fourth-order valence-electron chi connectivity index (χ4n) is 6.16. The highest BCUT2D eigenvalue weighted by Crippen LogP contribution is 2.42. The summed E-state index contributed by atoms with van der Waals surface area (Å²) < 4.78 is 11.2. The maximum atomic E-state index is 9.70. The lowest BCUT2D eigenvalue weighted by atomic mass is 9.98. The van der Waals surface area contributed by atoms with Gasteiger partial charge in [-0.3, -0.25) is 20.6 Å². The summed E-state index contributed by atoms with van der Waals surface area (Å²) >= 11 is 14.1. The summed E-state index contributed by atoms with van der Waals surface area (Å²) in [5.74, 6) is 1.16. The molecule has 0 saturated carbocycles. The molecule has 2 saturated heterocycles. The van der Waals surface area contributed by atoms with Crippen LogP contribution >= 0.6 is 23.2 Å². The molecule has 12 nitrogen and oxygen atoms in total. The Hall–Kier alpha value is -3.46. The Morgan fingerprint density at radius 1 is 0.771 bits per heavy atom. The van der Waals surface area contributed by atoms with Crippen LogP contribution in [0.25, 0.3) is 33.6 Å². The average Bonchev–Trinajstić information content (AvgIpc) is 3.72. The van der Waals surface area contributed by atoms with E-state index in [1.165, 1.54) is 0 Å². The van der Waals surface area contributed by atoms with Gasteiger partial charge in [0, 0.05) is 54.5 Å². The summed E-state index contributed by atoms with van der Waals surface area (Å²) in [5, 5.41) is 33.3. The number of nitrogens with zero attached hydrogens (tertiary/aromatic N) is 4. The maximum absolute atomic E-state index is 9.70. The number of aromatic nitrogens is 4. The number of aliphatic hydroxyl groups excluding tert-OH is 2. The summed E-state index contributed by atoms with van der Waals surface area (Å²) in [5.41, 5.74) is 5.32. The fraction of sp³-hybridized carbons (Fsp3) is 0.412. The maximum Gasteiger partial charge on any atom is 0.237 e. The zero-order valence-corrected chi connectivity index (χ0v) is 28.4. The molecule has 0 bridgehead atoms. The van der Waals surface area contributed by atoms with Crippen LogP contribution in [0.15, 0.2) is 48.8 Å². The van der Waals surface area contributed by atoms with Gasteiger partial charge in [-0.25, -0.2) is 9.97 Å². The summed E-state index contributed by atoms with van der Waals surface area (Å²) in [4.78, 5) is 18.7. The van der Waals surface area contributed by atoms with E-state index < -0.39 is 12.5 Å². The summed E-state index contributed by atoms with van der Waals surface area (Å²) in [6.45, 7) is 3.16. The van der Waals surface area contributed by atoms with Crippen LogP contribution in [0, 0.1) is 5.92 Å². The Balaban J connectivity index is 1.20. The third-order valence-electron chi connectivity index (χ3n) is 8.67. The molecular formula is C34H40Cl2N8O4. The fourth-order valence-corrected chi connectivity index (χ4v) is 6.81. The lowest BCUT2D eigenvalue weighted by Crippen LogP contribution is -2.37. The Bertz CT molecular complexity index is 1610. The van der Waals surface area contributed by atoms with Crippen LogP contribution < -0.4 is 30.7 Å². The normalized spacial score (nSPS) is 20.7. The zero-order chi connectivity index (χ0) is 33.6. The highest BCUT2D eigenvalue weighted by Gasteiger charge is 2.23. The number of nitrogens with one attached hydrogen (secondary N) is 4. The van der Waals surface area contributed by atoms with Crippen molar-refractivity contribution in [2.45, 2.75) is 50.8 Å². The first-order chi connectivity index (χ1) is 23.3. The van der Waals surface area contributed by atoms with Gasteiger partial charge in [-0.15, -0.1) is 0 Å². The number of benzene rings is 2. The molecule has 2 fully saturated rings. The molecule has 6 rings (SSSR count). The molecular weight excluding hydrogens is 655 g/mol. The van der Waals surface area contributed by atoms with Crippen molar-refractivity contribution >= 4 is 23.2 Å². The van der Waals surface area contributed by atoms with E-state index in [4.69, 9.17) is 42.6 Å². The Morgan fingerprint density at radius 2 is 1.31 bits per heavy atom. The monoisotopic (exact) mass is 694 g/mol. The van der Waals surface area contributed by atoms with E-state index in [0.717, 1.165) is 37.1 Å². The molecule has 3 unspecified atom stereocenters. The molecule has 0 spiro atoms. The minimum atomic E-state index is -0.443. The molecule has 6 N–H and O–H groups in total. The summed E-state index contributed by atoms with van der Waals surface area (Å²) in [7, 11) is 3.13. The molecule has 2 aliphatic heterocycles. The van der Waals surface area contributed by atoms with Gasteiger partial charge < -0.3 is 30.3 Å². The molecule has 0 aliphatic carbocycles.